The molecule has 0 aliphatic carbocycles. The molecule has 1 aromatic heterocycles. The predicted molar refractivity (Wildman–Crippen MR) is 118 cm³/mol. The molecule has 0 aliphatic rings. The molecule has 0 saturated carbocycles. The summed E-state index contributed by atoms with van der Waals surface area (Å²) in [6.45, 7) is 6.21. The lowest BCUT2D eigenvalue weighted by molar-refractivity contribution is -0.120. The number of benzene rings is 2. The number of amides is 1. The molecule has 0 radical (unpaired) electrons. The zero-order valence-electron chi connectivity index (χ0n) is 17.8. The highest BCUT2D eigenvalue weighted by Crippen LogP contribution is 2.28. The second kappa shape index (κ2) is 9.67. The largest absolute Gasteiger partial charge is 0.493 e. The first-order valence-electron chi connectivity index (χ1n) is 9.58. The Labute approximate surface area is 180 Å². The number of hydrogen-bond donors (Lipinski definition) is 1. The van der Waals surface area contributed by atoms with E-state index in [1.807, 2.05) is 67.8 Å². The van der Waals surface area contributed by atoms with Gasteiger partial charge in [0, 0.05) is 6.54 Å². The summed E-state index contributed by atoms with van der Waals surface area (Å²) >= 11 is 1.38. The van der Waals surface area contributed by atoms with E-state index >= 15 is 0 Å². The summed E-state index contributed by atoms with van der Waals surface area (Å²) in [6.07, 6.45) is 0. The zero-order valence-corrected chi connectivity index (χ0v) is 18.6. The van der Waals surface area contributed by atoms with E-state index in [1.165, 1.54) is 11.8 Å². The number of methoxy groups -OCH3 is 2. The number of nitrogens with one attached hydrogen (secondary N) is 1. The van der Waals surface area contributed by atoms with Crippen LogP contribution >= 0.6 is 11.8 Å². The Balaban J connectivity index is 1.68. The number of aryl methyl sites for hydroxylation is 2. The first-order chi connectivity index (χ1) is 14.4. The molecule has 1 atom stereocenters. The molecule has 0 saturated heterocycles. The highest BCUT2D eigenvalue weighted by atomic mass is 32.2. The minimum absolute atomic E-state index is 0.0771. The lowest BCUT2D eigenvalue weighted by Gasteiger charge is -2.15. The van der Waals surface area contributed by atoms with Crippen LogP contribution in [0.5, 0.6) is 11.5 Å². The summed E-state index contributed by atoms with van der Waals surface area (Å²) < 4.78 is 12.6. The molecule has 1 amide bonds. The van der Waals surface area contributed by atoms with Gasteiger partial charge < -0.3 is 14.8 Å². The lowest BCUT2D eigenvalue weighted by atomic mass is 10.2. The van der Waals surface area contributed by atoms with Crippen molar-refractivity contribution in [3.8, 4) is 17.2 Å². The maximum absolute atomic E-state index is 12.7. The van der Waals surface area contributed by atoms with E-state index in [-0.39, 0.29) is 11.2 Å². The number of carbonyl (C=O) groups is 1. The number of carbonyl (C=O) groups excluding carboxylic acids is 1. The molecule has 1 unspecified atom stereocenters. The third kappa shape index (κ3) is 4.76. The molecule has 3 aromatic rings. The number of hydrogen-bond acceptors (Lipinski definition) is 6. The van der Waals surface area contributed by atoms with Crippen LogP contribution in [0.25, 0.3) is 5.69 Å². The molecular formula is C22H26N4O3S. The third-order valence-corrected chi connectivity index (χ3v) is 5.76. The highest BCUT2D eigenvalue weighted by Gasteiger charge is 2.20. The molecule has 7 nitrogen and oxygen atoms in total. The fourth-order valence-corrected chi connectivity index (χ4v) is 3.98. The molecule has 1 N–H and O–H groups in total. The van der Waals surface area contributed by atoms with E-state index in [0.29, 0.717) is 23.2 Å². The van der Waals surface area contributed by atoms with Crippen LogP contribution in [0.4, 0.5) is 0 Å². The van der Waals surface area contributed by atoms with Gasteiger partial charge >= 0.3 is 0 Å². The van der Waals surface area contributed by atoms with Crippen molar-refractivity contribution >= 4 is 17.7 Å². The molecule has 3 rings (SSSR count). The predicted octanol–water partition coefficient (Wildman–Crippen LogP) is 3.70. The second-order valence-corrected chi connectivity index (χ2v) is 8.13. The summed E-state index contributed by atoms with van der Waals surface area (Å²) in [6, 6.07) is 13.6. The van der Waals surface area contributed by atoms with Crippen molar-refractivity contribution in [3.05, 3.63) is 59.4 Å². The Kier molecular flexibility index (Phi) is 6.99. The van der Waals surface area contributed by atoms with Crippen LogP contribution in [0.2, 0.25) is 0 Å². The fourth-order valence-electron chi connectivity index (χ4n) is 3.05. The molecule has 0 spiro atoms. The maximum atomic E-state index is 12.7. The van der Waals surface area contributed by atoms with Crippen LogP contribution in [0.15, 0.2) is 47.6 Å². The smallest absolute Gasteiger partial charge is 0.233 e. The topological polar surface area (TPSA) is 78.3 Å². The maximum Gasteiger partial charge on any atom is 0.233 e. The van der Waals surface area contributed by atoms with Gasteiger partial charge in [0.1, 0.15) is 5.82 Å². The monoisotopic (exact) mass is 426 g/mol. The summed E-state index contributed by atoms with van der Waals surface area (Å²) in [7, 11) is 3.18. The van der Waals surface area contributed by atoms with Crippen molar-refractivity contribution < 1.29 is 14.3 Å². The average molecular weight is 427 g/mol. The number of rotatable bonds is 8. The molecular weight excluding hydrogens is 400 g/mol. The fraction of sp³-hybridized carbons (Fsp3) is 0.318. The SMILES string of the molecule is COc1ccc(CNC(=O)C(C)Sc2nnc(C)n2-c2ccccc2C)cc1OC. The van der Waals surface area contributed by atoms with E-state index < -0.39 is 0 Å². The van der Waals surface area contributed by atoms with Gasteiger partial charge in [0.2, 0.25) is 5.91 Å². The minimum atomic E-state index is -0.337. The Bertz CT molecular complexity index is 1030. The van der Waals surface area contributed by atoms with Crippen molar-refractivity contribution in [2.75, 3.05) is 14.2 Å². The number of para-hydroxylation sites is 1. The second-order valence-electron chi connectivity index (χ2n) is 6.82. The quantitative estimate of drug-likeness (QED) is 0.554. The first-order valence-corrected chi connectivity index (χ1v) is 10.5. The van der Waals surface area contributed by atoms with E-state index in [4.69, 9.17) is 9.47 Å². The minimum Gasteiger partial charge on any atom is -0.493 e. The number of nitrogens with zero attached hydrogens (tertiary/aromatic N) is 3. The average Bonchev–Trinajstić information content (AvgIpc) is 3.11. The third-order valence-electron chi connectivity index (χ3n) is 4.72. The zero-order chi connectivity index (χ0) is 21.7. The number of ether oxygens (including phenoxy) is 2. The van der Waals surface area contributed by atoms with Gasteiger partial charge in [-0.15, -0.1) is 10.2 Å². The molecule has 2 aromatic carbocycles. The molecule has 0 bridgehead atoms. The Morgan fingerprint density at radius 2 is 1.83 bits per heavy atom. The molecule has 30 heavy (non-hydrogen) atoms. The summed E-state index contributed by atoms with van der Waals surface area (Å²) in [4.78, 5) is 12.7. The van der Waals surface area contributed by atoms with Crippen molar-refractivity contribution in [1.82, 2.24) is 20.1 Å². The normalized spacial score (nSPS) is 11.8. The highest BCUT2D eigenvalue weighted by molar-refractivity contribution is 8.00. The van der Waals surface area contributed by atoms with Gasteiger partial charge in [-0.1, -0.05) is 36.0 Å². The molecule has 0 fully saturated rings. The van der Waals surface area contributed by atoms with E-state index in [0.717, 1.165) is 22.6 Å². The van der Waals surface area contributed by atoms with Gasteiger partial charge in [0.05, 0.1) is 25.2 Å². The van der Waals surface area contributed by atoms with Crippen molar-refractivity contribution in [2.45, 2.75) is 37.7 Å². The summed E-state index contributed by atoms with van der Waals surface area (Å²) in [5.41, 5.74) is 3.06. The first kappa shape index (κ1) is 21.7. The van der Waals surface area contributed by atoms with Crippen LogP contribution < -0.4 is 14.8 Å². The van der Waals surface area contributed by atoms with Gasteiger partial charge in [0.15, 0.2) is 16.7 Å². The molecule has 158 valence electrons. The van der Waals surface area contributed by atoms with Gasteiger partial charge in [-0.25, -0.2) is 0 Å². The van der Waals surface area contributed by atoms with Crippen LogP contribution in [0.3, 0.4) is 0 Å². The van der Waals surface area contributed by atoms with E-state index in [9.17, 15) is 4.79 Å². The van der Waals surface area contributed by atoms with E-state index in [1.54, 1.807) is 14.2 Å². The molecule has 8 heteroatoms. The Hall–Kier alpha value is -3.00. The van der Waals surface area contributed by atoms with Crippen molar-refractivity contribution in [3.63, 3.8) is 0 Å². The van der Waals surface area contributed by atoms with Gasteiger partial charge in [-0.05, 0) is 50.1 Å². The number of aromatic nitrogens is 3. The summed E-state index contributed by atoms with van der Waals surface area (Å²) in [5, 5.41) is 11.8. The van der Waals surface area contributed by atoms with E-state index in [2.05, 4.69) is 15.5 Å². The number of thioether (sulfide) groups is 1. The van der Waals surface area contributed by atoms with Crippen molar-refractivity contribution in [1.29, 1.82) is 0 Å². The van der Waals surface area contributed by atoms with Gasteiger partial charge in [-0.2, -0.15) is 0 Å². The molecule has 1 heterocycles. The Morgan fingerprint density at radius 1 is 1.10 bits per heavy atom. The van der Waals surface area contributed by atoms with Crippen LogP contribution in [-0.2, 0) is 11.3 Å². The Morgan fingerprint density at radius 3 is 2.53 bits per heavy atom. The van der Waals surface area contributed by atoms with Crippen molar-refractivity contribution in [2.24, 2.45) is 0 Å². The molecule has 0 aliphatic heterocycles. The standard InChI is InChI=1S/C22H26N4O3S/c1-14-8-6-7-9-18(14)26-16(3)24-25-22(26)30-15(2)21(27)23-13-17-10-11-19(28-4)20(12-17)29-5/h6-12,15H,13H2,1-5H3,(H,23,27). The van der Waals surface area contributed by atoms with Crippen LogP contribution in [0.1, 0.15) is 23.9 Å². The van der Waals surface area contributed by atoms with Crippen LogP contribution in [0, 0.1) is 13.8 Å². The van der Waals surface area contributed by atoms with Gasteiger partial charge in [0.25, 0.3) is 0 Å². The lowest BCUT2D eigenvalue weighted by Crippen LogP contribution is -2.30. The van der Waals surface area contributed by atoms with Gasteiger partial charge in [-0.3, -0.25) is 9.36 Å². The van der Waals surface area contributed by atoms with Crippen LogP contribution in [-0.4, -0.2) is 40.1 Å². The summed E-state index contributed by atoms with van der Waals surface area (Å²) in [5.74, 6) is 1.99.